The first kappa shape index (κ1) is 14.5. The molecule has 1 atom stereocenters. The van der Waals surface area contributed by atoms with Crippen LogP contribution in [0.1, 0.15) is 26.1 Å². The highest BCUT2D eigenvalue weighted by Crippen LogP contribution is 2.17. The maximum absolute atomic E-state index is 12.5. The Hall–Kier alpha value is -0.920. The van der Waals surface area contributed by atoms with E-state index in [-0.39, 0.29) is 11.1 Å². The third kappa shape index (κ3) is 2.98. The van der Waals surface area contributed by atoms with Crippen LogP contribution in [0.3, 0.4) is 0 Å². The van der Waals surface area contributed by atoms with Gasteiger partial charge in [-0.2, -0.15) is 4.31 Å². The molecule has 1 fully saturated rings. The Labute approximate surface area is 114 Å². The minimum Gasteiger partial charge on any atom is -0.334 e. The van der Waals surface area contributed by atoms with E-state index in [2.05, 4.69) is 17.2 Å². The van der Waals surface area contributed by atoms with Crippen LogP contribution < -0.4 is 5.32 Å². The van der Waals surface area contributed by atoms with E-state index < -0.39 is 10.0 Å². The summed E-state index contributed by atoms with van der Waals surface area (Å²) in [5, 5.41) is 3.41. The van der Waals surface area contributed by atoms with E-state index in [1.165, 1.54) is 4.31 Å². The second-order valence-corrected chi connectivity index (χ2v) is 6.92. The number of hydrogen-bond donors (Lipinski definition) is 1. The summed E-state index contributed by atoms with van der Waals surface area (Å²) in [6.45, 7) is 8.39. The van der Waals surface area contributed by atoms with Crippen molar-refractivity contribution in [3.05, 3.63) is 12.0 Å². The molecule has 1 aromatic heterocycles. The molecular weight excluding hydrogens is 264 g/mol. The molecule has 1 aromatic rings. The molecule has 0 bridgehead atoms. The number of piperazine rings is 1. The molecule has 2 rings (SSSR count). The smallest absolute Gasteiger partial charge is 0.262 e. The number of nitrogens with zero attached hydrogens (tertiary/aromatic N) is 3. The zero-order valence-electron chi connectivity index (χ0n) is 11.8. The molecule has 0 spiro atoms. The van der Waals surface area contributed by atoms with Crippen LogP contribution in [0.4, 0.5) is 0 Å². The minimum atomic E-state index is -3.45. The van der Waals surface area contributed by atoms with Crippen LogP contribution in [-0.4, -0.2) is 48.0 Å². The third-order valence-corrected chi connectivity index (χ3v) is 5.09. The predicted octanol–water partition coefficient (Wildman–Crippen LogP) is 0.584. The van der Waals surface area contributed by atoms with Crippen molar-refractivity contribution in [2.24, 2.45) is 0 Å². The van der Waals surface area contributed by atoms with Gasteiger partial charge in [-0.05, 0) is 20.3 Å². The van der Waals surface area contributed by atoms with Crippen LogP contribution in [0.5, 0.6) is 0 Å². The lowest BCUT2D eigenvalue weighted by Gasteiger charge is -2.30. The molecule has 1 aliphatic rings. The lowest BCUT2D eigenvalue weighted by molar-refractivity contribution is 0.309. The zero-order valence-corrected chi connectivity index (χ0v) is 12.6. The average Bonchev–Trinajstić information content (AvgIpc) is 2.72. The van der Waals surface area contributed by atoms with Crippen LogP contribution in [0.25, 0.3) is 0 Å². The SMILES string of the molecule is CCCn1cc(S(=O)(=O)N2CCN[C@@H](C)C2)nc1C. The highest BCUT2D eigenvalue weighted by atomic mass is 32.2. The van der Waals surface area contributed by atoms with Gasteiger partial charge in [0.2, 0.25) is 0 Å². The van der Waals surface area contributed by atoms with Crippen molar-refractivity contribution in [3.8, 4) is 0 Å². The summed E-state index contributed by atoms with van der Waals surface area (Å²) in [4.78, 5) is 4.21. The summed E-state index contributed by atoms with van der Waals surface area (Å²) in [5.74, 6) is 0.753. The molecule has 2 heterocycles. The molecule has 108 valence electrons. The van der Waals surface area contributed by atoms with Gasteiger partial charge in [0.25, 0.3) is 10.0 Å². The van der Waals surface area contributed by atoms with E-state index in [9.17, 15) is 8.42 Å². The summed E-state index contributed by atoms with van der Waals surface area (Å²) in [6, 6.07) is 0.183. The van der Waals surface area contributed by atoms with E-state index in [0.29, 0.717) is 19.6 Å². The molecule has 1 saturated heterocycles. The number of sulfonamides is 1. The predicted molar refractivity (Wildman–Crippen MR) is 73.5 cm³/mol. The van der Waals surface area contributed by atoms with Crippen molar-refractivity contribution < 1.29 is 8.42 Å². The maximum Gasteiger partial charge on any atom is 0.262 e. The van der Waals surface area contributed by atoms with Crippen LogP contribution in [0.2, 0.25) is 0 Å². The molecule has 7 heteroatoms. The van der Waals surface area contributed by atoms with E-state index in [4.69, 9.17) is 0 Å². The van der Waals surface area contributed by atoms with Crippen LogP contribution in [0, 0.1) is 6.92 Å². The fourth-order valence-electron chi connectivity index (χ4n) is 2.32. The van der Waals surface area contributed by atoms with Gasteiger partial charge in [0.1, 0.15) is 5.82 Å². The molecule has 0 aromatic carbocycles. The Bertz CT molecular complexity index is 538. The van der Waals surface area contributed by atoms with Gasteiger partial charge in [-0.15, -0.1) is 0 Å². The van der Waals surface area contributed by atoms with Gasteiger partial charge in [-0.1, -0.05) is 6.92 Å². The van der Waals surface area contributed by atoms with Gasteiger partial charge >= 0.3 is 0 Å². The van der Waals surface area contributed by atoms with Crippen molar-refractivity contribution >= 4 is 10.0 Å². The first-order valence-corrected chi connectivity index (χ1v) is 8.16. The molecule has 0 saturated carbocycles. The van der Waals surface area contributed by atoms with E-state index in [1.807, 2.05) is 18.4 Å². The zero-order chi connectivity index (χ0) is 14.0. The normalized spacial score (nSPS) is 21.7. The van der Waals surface area contributed by atoms with Crippen LogP contribution in [-0.2, 0) is 16.6 Å². The monoisotopic (exact) mass is 286 g/mol. The van der Waals surface area contributed by atoms with Gasteiger partial charge < -0.3 is 9.88 Å². The van der Waals surface area contributed by atoms with Gasteiger partial charge in [-0.25, -0.2) is 13.4 Å². The topological polar surface area (TPSA) is 67.2 Å². The highest BCUT2D eigenvalue weighted by molar-refractivity contribution is 7.89. The second kappa shape index (κ2) is 5.60. The van der Waals surface area contributed by atoms with E-state index in [1.54, 1.807) is 6.20 Å². The highest BCUT2D eigenvalue weighted by Gasteiger charge is 2.30. The van der Waals surface area contributed by atoms with Gasteiger partial charge in [0.15, 0.2) is 5.03 Å². The minimum absolute atomic E-state index is 0.174. The fraction of sp³-hybridized carbons (Fsp3) is 0.750. The van der Waals surface area contributed by atoms with Crippen molar-refractivity contribution in [2.45, 2.75) is 44.8 Å². The molecule has 0 radical (unpaired) electrons. The number of nitrogens with one attached hydrogen (secondary N) is 1. The van der Waals surface area contributed by atoms with Crippen molar-refractivity contribution in [2.75, 3.05) is 19.6 Å². The van der Waals surface area contributed by atoms with Crippen molar-refractivity contribution in [3.63, 3.8) is 0 Å². The molecule has 19 heavy (non-hydrogen) atoms. The lowest BCUT2D eigenvalue weighted by Crippen LogP contribution is -2.51. The number of aryl methyl sites for hydroxylation is 2. The standard InChI is InChI=1S/C12H22N4O2S/c1-4-6-15-9-12(14-11(15)3)19(17,18)16-7-5-13-10(2)8-16/h9-10,13H,4-8H2,1-3H3/t10-/m0/s1. The molecule has 1 N–H and O–H groups in total. The number of aromatic nitrogens is 2. The maximum atomic E-state index is 12.5. The Morgan fingerprint density at radius 2 is 2.26 bits per heavy atom. The Morgan fingerprint density at radius 1 is 1.53 bits per heavy atom. The van der Waals surface area contributed by atoms with E-state index >= 15 is 0 Å². The summed E-state index contributed by atoms with van der Waals surface area (Å²) in [5.41, 5.74) is 0. The van der Waals surface area contributed by atoms with Crippen molar-refractivity contribution in [1.82, 2.24) is 19.2 Å². The summed E-state index contributed by atoms with van der Waals surface area (Å²) in [7, 11) is -3.45. The quantitative estimate of drug-likeness (QED) is 0.879. The third-order valence-electron chi connectivity index (χ3n) is 3.35. The second-order valence-electron chi connectivity index (χ2n) is 5.04. The largest absolute Gasteiger partial charge is 0.334 e. The number of imidazole rings is 1. The first-order chi connectivity index (χ1) is 8.95. The fourth-order valence-corrected chi connectivity index (χ4v) is 3.84. The molecule has 6 nitrogen and oxygen atoms in total. The van der Waals surface area contributed by atoms with Gasteiger partial charge in [0, 0.05) is 38.4 Å². The average molecular weight is 286 g/mol. The van der Waals surface area contributed by atoms with Gasteiger partial charge in [0.05, 0.1) is 0 Å². The molecule has 0 aliphatic carbocycles. The van der Waals surface area contributed by atoms with E-state index in [0.717, 1.165) is 18.8 Å². The lowest BCUT2D eigenvalue weighted by atomic mass is 10.3. The molecule has 0 unspecified atom stereocenters. The molecule has 1 aliphatic heterocycles. The Morgan fingerprint density at radius 3 is 2.89 bits per heavy atom. The number of hydrogen-bond acceptors (Lipinski definition) is 4. The summed E-state index contributed by atoms with van der Waals surface area (Å²) < 4.78 is 28.5. The summed E-state index contributed by atoms with van der Waals surface area (Å²) in [6.07, 6.45) is 2.61. The van der Waals surface area contributed by atoms with Gasteiger partial charge in [-0.3, -0.25) is 0 Å². The summed E-state index contributed by atoms with van der Waals surface area (Å²) >= 11 is 0. The Kier molecular flexibility index (Phi) is 4.27. The first-order valence-electron chi connectivity index (χ1n) is 6.72. The molecular formula is C12H22N4O2S. The van der Waals surface area contributed by atoms with Crippen molar-refractivity contribution in [1.29, 1.82) is 0 Å². The van der Waals surface area contributed by atoms with Crippen LogP contribution in [0.15, 0.2) is 11.2 Å². The molecule has 0 amide bonds. The van der Waals surface area contributed by atoms with Crippen LogP contribution >= 0.6 is 0 Å². The Balaban J connectivity index is 2.26. The number of rotatable bonds is 4.